The summed E-state index contributed by atoms with van der Waals surface area (Å²) in [6.45, 7) is 1.18. The van der Waals surface area contributed by atoms with Gasteiger partial charge in [-0.3, -0.25) is 14.4 Å². The standard InChI is InChI=1S/C15H18N2O5S/c18-12(6-16-13(19)11-2-1-5-23-11)17-7-10-8-22-4-3-15(10,9-17)14(20)21/h1-2,5,10H,3-4,6-9H2,(H,16,19)(H,20,21)/t10-,15+/m0/s1. The third-order valence-electron chi connectivity index (χ3n) is 4.63. The molecule has 1 aromatic heterocycles. The van der Waals surface area contributed by atoms with Gasteiger partial charge in [-0.1, -0.05) is 6.07 Å². The molecule has 2 aliphatic heterocycles. The topological polar surface area (TPSA) is 95.9 Å². The molecule has 3 heterocycles. The summed E-state index contributed by atoms with van der Waals surface area (Å²) in [7, 11) is 0. The molecule has 2 fully saturated rings. The Morgan fingerprint density at radius 2 is 2.30 bits per heavy atom. The normalized spacial score (nSPS) is 26.6. The second-order valence-electron chi connectivity index (χ2n) is 5.92. The number of likely N-dealkylation sites (tertiary alicyclic amines) is 1. The first kappa shape index (κ1) is 15.9. The van der Waals surface area contributed by atoms with Gasteiger partial charge in [0.2, 0.25) is 5.91 Å². The zero-order chi connectivity index (χ0) is 16.4. The summed E-state index contributed by atoms with van der Waals surface area (Å²) in [5.74, 6) is -1.61. The van der Waals surface area contributed by atoms with Gasteiger partial charge in [0, 0.05) is 25.6 Å². The molecule has 2 N–H and O–H groups in total. The maximum Gasteiger partial charge on any atom is 0.311 e. The van der Waals surface area contributed by atoms with Crippen LogP contribution in [0, 0.1) is 11.3 Å². The molecule has 2 saturated heterocycles. The molecule has 2 amide bonds. The van der Waals surface area contributed by atoms with Crippen molar-refractivity contribution in [2.45, 2.75) is 6.42 Å². The Kier molecular flexibility index (Phi) is 4.36. The van der Waals surface area contributed by atoms with Crippen LogP contribution in [0.3, 0.4) is 0 Å². The number of carbonyl (C=O) groups excluding carboxylic acids is 2. The zero-order valence-electron chi connectivity index (χ0n) is 12.5. The average molecular weight is 338 g/mol. The van der Waals surface area contributed by atoms with Gasteiger partial charge in [0.15, 0.2) is 0 Å². The van der Waals surface area contributed by atoms with Crippen LogP contribution in [0.4, 0.5) is 0 Å². The summed E-state index contributed by atoms with van der Waals surface area (Å²) >= 11 is 1.30. The number of carboxylic acid groups (broad SMARTS) is 1. The van der Waals surface area contributed by atoms with Gasteiger partial charge < -0.3 is 20.1 Å². The van der Waals surface area contributed by atoms with Crippen molar-refractivity contribution in [2.24, 2.45) is 11.3 Å². The van der Waals surface area contributed by atoms with Crippen LogP contribution in [0.15, 0.2) is 17.5 Å². The number of nitrogens with zero attached hydrogens (tertiary/aromatic N) is 1. The monoisotopic (exact) mass is 338 g/mol. The van der Waals surface area contributed by atoms with Crippen molar-refractivity contribution in [1.29, 1.82) is 0 Å². The number of ether oxygens (including phenoxy) is 1. The molecule has 0 aromatic carbocycles. The Balaban J connectivity index is 1.60. The number of nitrogens with one attached hydrogen (secondary N) is 1. The van der Waals surface area contributed by atoms with E-state index in [0.717, 1.165) is 0 Å². The minimum absolute atomic E-state index is 0.125. The highest BCUT2D eigenvalue weighted by molar-refractivity contribution is 7.12. The highest BCUT2D eigenvalue weighted by Gasteiger charge is 2.54. The lowest BCUT2D eigenvalue weighted by atomic mass is 9.74. The number of hydrogen-bond donors (Lipinski definition) is 2. The van der Waals surface area contributed by atoms with E-state index in [4.69, 9.17) is 4.74 Å². The van der Waals surface area contributed by atoms with Crippen LogP contribution in [0.1, 0.15) is 16.1 Å². The molecule has 0 bridgehead atoms. The van der Waals surface area contributed by atoms with E-state index in [0.29, 0.717) is 31.1 Å². The van der Waals surface area contributed by atoms with Gasteiger partial charge in [-0.25, -0.2) is 0 Å². The van der Waals surface area contributed by atoms with Crippen molar-refractivity contribution >= 4 is 29.1 Å². The lowest BCUT2D eigenvalue weighted by Crippen LogP contribution is -2.45. The summed E-state index contributed by atoms with van der Waals surface area (Å²) in [6.07, 6.45) is 0.415. The largest absolute Gasteiger partial charge is 0.481 e. The van der Waals surface area contributed by atoms with Gasteiger partial charge in [-0.15, -0.1) is 11.3 Å². The molecule has 0 unspecified atom stereocenters. The van der Waals surface area contributed by atoms with E-state index < -0.39 is 11.4 Å². The molecular formula is C15H18N2O5S. The second-order valence-corrected chi connectivity index (χ2v) is 6.87. The van der Waals surface area contributed by atoms with Crippen LogP contribution >= 0.6 is 11.3 Å². The van der Waals surface area contributed by atoms with Crippen molar-refractivity contribution in [1.82, 2.24) is 10.2 Å². The summed E-state index contributed by atoms with van der Waals surface area (Å²) in [6, 6.07) is 3.45. The average Bonchev–Trinajstić information content (AvgIpc) is 3.19. The van der Waals surface area contributed by atoms with Gasteiger partial charge in [0.25, 0.3) is 5.91 Å². The number of aliphatic carboxylic acids is 1. The van der Waals surface area contributed by atoms with Gasteiger partial charge in [0.05, 0.1) is 23.4 Å². The van der Waals surface area contributed by atoms with Crippen LogP contribution in [-0.2, 0) is 14.3 Å². The van der Waals surface area contributed by atoms with Gasteiger partial charge in [0.1, 0.15) is 0 Å². The fourth-order valence-corrected chi connectivity index (χ4v) is 3.89. The Hall–Kier alpha value is -1.93. The Morgan fingerprint density at radius 3 is 2.96 bits per heavy atom. The first-order valence-corrected chi connectivity index (χ1v) is 8.31. The first-order chi connectivity index (χ1) is 11.0. The van der Waals surface area contributed by atoms with Crippen molar-refractivity contribution in [3.8, 4) is 0 Å². The predicted octanol–water partition coefficient (Wildman–Crippen LogP) is 0.428. The highest BCUT2D eigenvalue weighted by Crippen LogP contribution is 2.42. The highest BCUT2D eigenvalue weighted by atomic mass is 32.1. The number of amides is 2. The fourth-order valence-electron chi connectivity index (χ4n) is 3.25. The Morgan fingerprint density at radius 1 is 1.48 bits per heavy atom. The minimum Gasteiger partial charge on any atom is -0.481 e. The lowest BCUT2D eigenvalue weighted by molar-refractivity contribution is -0.157. The van der Waals surface area contributed by atoms with Crippen molar-refractivity contribution in [2.75, 3.05) is 32.8 Å². The number of hydrogen-bond acceptors (Lipinski definition) is 5. The SMILES string of the molecule is O=C(NCC(=O)N1C[C@H]2COCC[C@@]2(C(=O)O)C1)c1cccs1. The zero-order valence-corrected chi connectivity index (χ0v) is 13.3. The maximum atomic E-state index is 12.3. The summed E-state index contributed by atoms with van der Waals surface area (Å²) in [5, 5.41) is 14.0. The quantitative estimate of drug-likeness (QED) is 0.830. The number of carbonyl (C=O) groups is 3. The number of rotatable bonds is 4. The molecule has 3 rings (SSSR count). The fraction of sp³-hybridized carbons (Fsp3) is 0.533. The van der Waals surface area contributed by atoms with E-state index >= 15 is 0 Å². The van der Waals surface area contributed by atoms with Crippen LogP contribution in [0.2, 0.25) is 0 Å². The molecule has 7 nitrogen and oxygen atoms in total. The minimum atomic E-state index is -0.911. The molecule has 8 heteroatoms. The molecule has 124 valence electrons. The Bertz CT molecular complexity index is 617. The molecule has 0 spiro atoms. The molecule has 2 aliphatic rings. The van der Waals surface area contributed by atoms with Crippen LogP contribution in [-0.4, -0.2) is 60.6 Å². The molecule has 0 radical (unpaired) electrons. The van der Waals surface area contributed by atoms with E-state index in [2.05, 4.69) is 5.32 Å². The molecule has 0 saturated carbocycles. The van der Waals surface area contributed by atoms with E-state index in [9.17, 15) is 19.5 Å². The number of carboxylic acids is 1. The van der Waals surface area contributed by atoms with E-state index in [1.807, 2.05) is 0 Å². The first-order valence-electron chi connectivity index (χ1n) is 7.43. The molecule has 23 heavy (non-hydrogen) atoms. The van der Waals surface area contributed by atoms with Crippen molar-refractivity contribution in [3.05, 3.63) is 22.4 Å². The molecule has 2 atom stereocenters. The number of fused-ring (bicyclic) bond motifs is 1. The molecule has 1 aromatic rings. The predicted molar refractivity (Wildman–Crippen MR) is 82.2 cm³/mol. The van der Waals surface area contributed by atoms with E-state index in [-0.39, 0.29) is 30.8 Å². The van der Waals surface area contributed by atoms with Crippen molar-refractivity contribution in [3.63, 3.8) is 0 Å². The maximum absolute atomic E-state index is 12.3. The van der Waals surface area contributed by atoms with E-state index in [1.165, 1.54) is 16.2 Å². The van der Waals surface area contributed by atoms with Crippen LogP contribution in [0.5, 0.6) is 0 Å². The molecular weight excluding hydrogens is 320 g/mol. The summed E-state index contributed by atoms with van der Waals surface area (Å²) in [4.78, 5) is 37.9. The molecule has 0 aliphatic carbocycles. The third kappa shape index (κ3) is 2.96. The Labute approximate surface area is 137 Å². The third-order valence-corrected chi connectivity index (χ3v) is 5.50. The lowest BCUT2D eigenvalue weighted by Gasteiger charge is -2.33. The summed E-state index contributed by atoms with van der Waals surface area (Å²) < 4.78 is 5.36. The van der Waals surface area contributed by atoms with E-state index in [1.54, 1.807) is 17.5 Å². The summed E-state index contributed by atoms with van der Waals surface area (Å²) in [5.41, 5.74) is -0.911. The van der Waals surface area contributed by atoms with Crippen LogP contribution in [0.25, 0.3) is 0 Å². The van der Waals surface area contributed by atoms with Gasteiger partial charge >= 0.3 is 5.97 Å². The smallest absolute Gasteiger partial charge is 0.311 e. The van der Waals surface area contributed by atoms with Gasteiger partial charge in [-0.2, -0.15) is 0 Å². The van der Waals surface area contributed by atoms with Crippen molar-refractivity contribution < 1.29 is 24.2 Å². The van der Waals surface area contributed by atoms with Crippen LogP contribution < -0.4 is 5.32 Å². The van der Waals surface area contributed by atoms with Gasteiger partial charge in [-0.05, 0) is 17.9 Å². The number of thiophene rings is 1. The second kappa shape index (κ2) is 6.29.